The van der Waals surface area contributed by atoms with E-state index in [0.29, 0.717) is 6.61 Å². The first-order valence-electron chi connectivity index (χ1n) is 13.4. The van der Waals surface area contributed by atoms with Gasteiger partial charge in [0.1, 0.15) is 0 Å². The van der Waals surface area contributed by atoms with Crippen molar-refractivity contribution < 1.29 is 9.53 Å². The Kier molecular flexibility index (Phi) is 7.43. The molecule has 1 N–H and O–H groups in total. The fourth-order valence-electron chi connectivity index (χ4n) is 5.84. The third-order valence-electron chi connectivity index (χ3n) is 7.71. The van der Waals surface area contributed by atoms with Crippen molar-refractivity contribution in [2.24, 2.45) is 0 Å². The van der Waals surface area contributed by atoms with Crippen LogP contribution < -0.4 is 10.4 Å². The standard InChI is InChI=1S/C33H37NO2Si/c1-33(2,3)37(28-13-6-4-7-14-28,29-15-8-5-9-16-29)36-24-25-18-20-31-26(22-25)19-21-32(34-31)30-17-11-10-12-27(30)23-35/h4-9,13-16,18-22,35H,10-12,17,23-24H2,1-3H3. The summed E-state index contributed by atoms with van der Waals surface area (Å²) in [6.45, 7) is 7.61. The van der Waals surface area contributed by atoms with Gasteiger partial charge in [-0.1, -0.05) is 93.6 Å². The Labute approximate surface area is 222 Å². The summed E-state index contributed by atoms with van der Waals surface area (Å²) in [7, 11) is -2.59. The molecule has 3 aromatic carbocycles. The molecule has 0 atom stereocenters. The van der Waals surface area contributed by atoms with Crippen LogP contribution >= 0.6 is 0 Å². The summed E-state index contributed by atoms with van der Waals surface area (Å²) in [5, 5.41) is 13.5. The van der Waals surface area contributed by atoms with E-state index >= 15 is 0 Å². The monoisotopic (exact) mass is 507 g/mol. The van der Waals surface area contributed by atoms with Gasteiger partial charge in [-0.05, 0) is 76.0 Å². The van der Waals surface area contributed by atoms with Gasteiger partial charge in [-0.25, -0.2) is 4.98 Å². The highest BCUT2D eigenvalue weighted by Crippen LogP contribution is 2.37. The molecule has 190 valence electrons. The molecule has 4 aromatic rings. The molecule has 0 saturated heterocycles. The molecule has 1 heterocycles. The van der Waals surface area contributed by atoms with Crippen molar-refractivity contribution in [1.29, 1.82) is 0 Å². The molecule has 0 bridgehead atoms. The number of rotatable bonds is 7. The summed E-state index contributed by atoms with van der Waals surface area (Å²) < 4.78 is 7.13. The van der Waals surface area contributed by atoms with Crippen molar-refractivity contribution in [3.63, 3.8) is 0 Å². The molecule has 0 unspecified atom stereocenters. The zero-order chi connectivity index (χ0) is 25.9. The van der Waals surface area contributed by atoms with Crippen molar-refractivity contribution in [3.8, 4) is 0 Å². The number of pyridine rings is 1. The van der Waals surface area contributed by atoms with E-state index < -0.39 is 8.32 Å². The number of nitrogens with zero attached hydrogens (tertiary/aromatic N) is 1. The van der Waals surface area contributed by atoms with Gasteiger partial charge in [-0.15, -0.1) is 0 Å². The summed E-state index contributed by atoms with van der Waals surface area (Å²) in [5.74, 6) is 0. The third-order valence-corrected chi connectivity index (χ3v) is 12.7. The first kappa shape index (κ1) is 25.6. The Morgan fingerprint density at radius 1 is 0.811 bits per heavy atom. The van der Waals surface area contributed by atoms with Crippen LogP contribution in [-0.4, -0.2) is 25.0 Å². The highest BCUT2D eigenvalue weighted by molar-refractivity contribution is 6.99. The van der Waals surface area contributed by atoms with Gasteiger partial charge in [-0.3, -0.25) is 0 Å². The molecule has 1 aliphatic carbocycles. The highest BCUT2D eigenvalue weighted by atomic mass is 28.4. The average Bonchev–Trinajstić information content (AvgIpc) is 2.93. The number of hydrogen-bond acceptors (Lipinski definition) is 3. The first-order valence-corrected chi connectivity index (χ1v) is 15.3. The number of aromatic nitrogens is 1. The summed E-state index contributed by atoms with van der Waals surface area (Å²) in [4.78, 5) is 4.98. The minimum Gasteiger partial charge on any atom is -0.403 e. The van der Waals surface area contributed by atoms with E-state index in [2.05, 4.69) is 112 Å². The van der Waals surface area contributed by atoms with E-state index in [1.54, 1.807) is 0 Å². The van der Waals surface area contributed by atoms with Crippen LogP contribution in [0.25, 0.3) is 16.5 Å². The quantitative estimate of drug-likeness (QED) is 0.286. The molecule has 1 aliphatic rings. The van der Waals surface area contributed by atoms with Crippen molar-refractivity contribution in [1.82, 2.24) is 4.98 Å². The van der Waals surface area contributed by atoms with Crippen LogP contribution in [0.15, 0.2) is 96.6 Å². The van der Waals surface area contributed by atoms with Gasteiger partial charge in [-0.2, -0.15) is 0 Å². The molecule has 0 fully saturated rings. The topological polar surface area (TPSA) is 42.4 Å². The molecule has 0 radical (unpaired) electrons. The van der Waals surface area contributed by atoms with E-state index in [1.807, 2.05) is 0 Å². The fraction of sp³-hybridized carbons (Fsp3) is 0.303. The Balaban J connectivity index is 1.49. The lowest BCUT2D eigenvalue weighted by atomic mass is 9.90. The maximum atomic E-state index is 9.82. The first-order chi connectivity index (χ1) is 17.9. The maximum absolute atomic E-state index is 9.82. The molecule has 4 heteroatoms. The van der Waals surface area contributed by atoms with Crippen LogP contribution in [0.4, 0.5) is 0 Å². The van der Waals surface area contributed by atoms with Crippen LogP contribution in [0, 0.1) is 0 Å². The van der Waals surface area contributed by atoms with Crippen LogP contribution in [0.5, 0.6) is 0 Å². The Hall–Kier alpha value is -3.05. The zero-order valence-electron chi connectivity index (χ0n) is 22.2. The molecule has 1 aromatic heterocycles. The van der Waals surface area contributed by atoms with Crippen molar-refractivity contribution in [3.05, 3.63) is 108 Å². The summed E-state index contributed by atoms with van der Waals surface area (Å²) in [6.07, 6.45) is 4.29. The van der Waals surface area contributed by atoms with Crippen LogP contribution in [0.1, 0.15) is 57.7 Å². The normalized spacial score (nSPS) is 14.8. The molecular weight excluding hydrogens is 470 g/mol. The Bertz CT molecular complexity index is 1350. The second-order valence-electron chi connectivity index (χ2n) is 11.1. The van der Waals surface area contributed by atoms with Crippen LogP contribution in [0.3, 0.4) is 0 Å². The largest absolute Gasteiger partial charge is 0.403 e. The second kappa shape index (κ2) is 10.7. The van der Waals surface area contributed by atoms with Gasteiger partial charge < -0.3 is 9.53 Å². The molecule has 5 rings (SSSR count). The summed E-state index contributed by atoms with van der Waals surface area (Å²) >= 11 is 0. The van der Waals surface area contributed by atoms with E-state index in [0.717, 1.165) is 53.4 Å². The van der Waals surface area contributed by atoms with Gasteiger partial charge in [0.05, 0.1) is 24.4 Å². The Morgan fingerprint density at radius 2 is 1.46 bits per heavy atom. The number of hydrogen-bond donors (Lipinski definition) is 1. The molecule has 0 aliphatic heterocycles. The second-order valence-corrected chi connectivity index (χ2v) is 15.4. The molecular formula is C33H37NO2Si. The van der Waals surface area contributed by atoms with E-state index in [4.69, 9.17) is 9.41 Å². The van der Waals surface area contributed by atoms with Crippen molar-refractivity contribution >= 4 is 35.2 Å². The predicted molar refractivity (Wildman–Crippen MR) is 157 cm³/mol. The molecule has 3 nitrogen and oxygen atoms in total. The SMILES string of the molecule is CC(C)(C)[Si](OCc1ccc2nc(C3=C(CO)CCCC3)ccc2c1)(c1ccccc1)c1ccccc1. The maximum Gasteiger partial charge on any atom is 0.261 e. The average molecular weight is 508 g/mol. The highest BCUT2D eigenvalue weighted by Gasteiger charge is 2.50. The molecule has 0 amide bonds. The van der Waals surface area contributed by atoms with Crippen LogP contribution in [-0.2, 0) is 11.0 Å². The lowest BCUT2D eigenvalue weighted by molar-refractivity contribution is 0.286. The summed E-state index contributed by atoms with van der Waals surface area (Å²) in [6, 6.07) is 32.3. The van der Waals surface area contributed by atoms with Gasteiger partial charge in [0.2, 0.25) is 0 Å². The van der Waals surface area contributed by atoms with E-state index in [9.17, 15) is 5.11 Å². The minimum atomic E-state index is -2.59. The van der Waals surface area contributed by atoms with Crippen molar-refractivity contribution in [2.45, 2.75) is 58.1 Å². The lowest BCUT2D eigenvalue weighted by Gasteiger charge is -2.43. The van der Waals surface area contributed by atoms with Gasteiger partial charge in [0.15, 0.2) is 0 Å². The van der Waals surface area contributed by atoms with E-state index in [-0.39, 0.29) is 11.6 Å². The minimum absolute atomic E-state index is 0.0544. The third kappa shape index (κ3) is 5.06. The molecule has 37 heavy (non-hydrogen) atoms. The van der Waals surface area contributed by atoms with E-state index in [1.165, 1.54) is 15.9 Å². The molecule has 0 spiro atoms. The van der Waals surface area contributed by atoms with Crippen LogP contribution in [0.2, 0.25) is 5.04 Å². The summed E-state index contributed by atoms with van der Waals surface area (Å²) in [5.41, 5.74) is 5.53. The fourth-order valence-corrected chi connectivity index (χ4v) is 10.4. The number of allylic oxidation sites excluding steroid dienone is 1. The zero-order valence-corrected chi connectivity index (χ0v) is 23.2. The van der Waals surface area contributed by atoms with Gasteiger partial charge in [0, 0.05) is 5.39 Å². The number of aliphatic hydroxyl groups excluding tert-OH is 1. The molecule has 0 saturated carbocycles. The Morgan fingerprint density at radius 3 is 2.08 bits per heavy atom. The predicted octanol–water partition coefficient (Wildman–Crippen LogP) is 6.63. The van der Waals surface area contributed by atoms with Crippen molar-refractivity contribution in [2.75, 3.05) is 6.61 Å². The smallest absolute Gasteiger partial charge is 0.261 e. The number of benzene rings is 3. The van der Waals surface area contributed by atoms with Gasteiger partial charge in [0.25, 0.3) is 8.32 Å². The lowest BCUT2D eigenvalue weighted by Crippen LogP contribution is -2.66. The number of fused-ring (bicyclic) bond motifs is 1. The number of aliphatic hydroxyl groups is 1. The van der Waals surface area contributed by atoms with Gasteiger partial charge >= 0.3 is 0 Å².